The molecule has 0 aliphatic rings. The lowest BCUT2D eigenvalue weighted by Gasteiger charge is -2.12. The summed E-state index contributed by atoms with van der Waals surface area (Å²) in [6, 6.07) is 5.01. The van der Waals surface area contributed by atoms with E-state index in [2.05, 4.69) is 36.5 Å². The van der Waals surface area contributed by atoms with E-state index in [0.717, 1.165) is 23.6 Å². The third kappa shape index (κ3) is 3.45. The standard InChI is InChI=1S/C14H16BrFN4/c1-4-17-13-7-14(19-9(3)18-13)20-12-6-10(15)11(16)5-8(12)2/h5-7H,4H2,1-3H3,(H2,17,18,19,20). The Bertz CT molecular complexity index is 631. The van der Waals surface area contributed by atoms with Crippen LogP contribution in [0.25, 0.3) is 0 Å². The smallest absolute Gasteiger partial charge is 0.137 e. The minimum Gasteiger partial charge on any atom is -0.370 e. The lowest BCUT2D eigenvalue weighted by Crippen LogP contribution is -2.04. The van der Waals surface area contributed by atoms with Crippen molar-refractivity contribution in [1.82, 2.24) is 9.97 Å². The second-order valence-corrected chi connectivity index (χ2v) is 5.28. The minimum atomic E-state index is -0.278. The molecule has 6 heteroatoms. The first-order valence-electron chi connectivity index (χ1n) is 6.32. The van der Waals surface area contributed by atoms with Gasteiger partial charge in [-0.25, -0.2) is 14.4 Å². The van der Waals surface area contributed by atoms with E-state index >= 15 is 0 Å². The van der Waals surface area contributed by atoms with Crippen LogP contribution in [-0.4, -0.2) is 16.5 Å². The highest BCUT2D eigenvalue weighted by molar-refractivity contribution is 9.10. The van der Waals surface area contributed by atoms with E-state index in [0.29, 0.717) is 16.1 Å². The molecule has 0 amide bonds. The molecule has 0 fully saturated rings. The van der Waals surface area contributed by atoms with E-state index in [1.807, 2.05) is 26.8 Å². The Balaban J connectivity index is 2.32. The summed E-state index contributed by atoms with van der Waals surface area (Å²) in [5, 5.41) is 6.34. The Morgan fingerprint density at radius 1 is 1.15 bits per heavy atom. The molecule has 2 N–H and O–H groups in total. The molecule has 4 nitrogen and oxygen atoms in total. The highest BCUT2D eigenvalue weighted by Crippen LogP contribution is 2.27. The van der Waals surface area contributed by atoms with Crippen molar-refractivity contribution in [3.8, 4) is 0 Å². The number of benzene rings is 1. The normalized spacial score (nSPS) is 10.4. The minimum absolute atomic E-state index is 0.278. The molecule has 1 heterocycles. The fourth-order valence-corrected chi connectivity index (χ4v) is 2.17. The number of hydrogen-bond donors (Lipinski definition) is 2. The van der Waals surface area contributed by atoms with Crippen molar-refractivity contribution in [1.29, 1.82) is 0 Å². The molecule has 106 valence electrons. The van der Waals surface area contributed by atoms with Crippen LogP contribution in [0.5, 0.6) is 0 Å². The third-order valence-corrected chi connectivity index (χ3v) is 3.33. The average molecular weight is 339 g/mol. The van der Waals surface area contributed by atoms with Crippen LogP contribution in [0.3, 0.4) is 0 Å². The van der Waals surface area contributed by atoms with Crippen molar-refractivity contribution in [2.24, 2.45) is 0 Å². The van der Waals surface area contributed by atoms with Crippen molar-refractivity contribution in [3.63, 3.8) is 0 Å². The monoisotopic (exact) mass is 338 g/mol. The fraction of sp³-hybridized carbons (Fsp3) is 0.286. The molecule has 0 unspecified atom stereocenters. The molecule has 0 radical (unpaired) electrons. The Kier molecular flexibility index (Phi) is 4.54. The lowest BCUT2D eigenvalue weighted by molar-refractivity contribution is 0.620. The summed E-state index contributed by atoms with van der Waals surface area (Å²) in [5.74, 6) is 1.83. The molecule has 0 saturated heterocycles. The van der Waals surface area contributed by atoms with E-state index in [-0.39, 0.29) is 5.82 Å². The quantitative estimate of drug-likeness (QED) is 0.878. The number of rotatable bonds is 4. The van der Waals surface area contributed by atoms with Crippen molar-refractivity contribution in [2.75, 3.05) is 17.2 Å². The molecule has 20 heavy (non-hydrogen) atoms. The molecule has 0 atom stereocenters. The van der Waals surface area contributed by atoms with E-state index in [1.54, 1.807) is 6.07 Å². The van der Waals surface area contributed by atoms with Gasteiger partial charge < -0.3 is 10.6 Å². The maximum atomic E-state index is 13.4. The molecule has 0 saturated carbocycles. The summed E-state index contributed by atoms with van der Waals surface area (Å²) in [5.41, 5.74) is 1.62. The largest absolute Gasteiger partial charge is 0.370 e. The van der Waals surface area contributed by atoms with Crippen molar-refractivity contribution >= 4 is 33.3 Å². The van der Waals surface area contributed by atoms with Crippen LogP contribution in [0.15, 0.2) is 22.7 Å². The molecule has 1 aromatic carbocycles. The molecule has 0 spiro atoms. The van der Waals surface area contributed by atoms with Crippen LogP contribution in [0.2, 0.25) is 0 Å². The van der Waals surface area contributed by atoms with Gasteiger partial charge in [-0.2, -0.15) is 0 Å². The summed E-state index contributed by atoms with van der Waals surface area (Å²) in [7, 11) is 0. The first-order chi connectivity index (χ1) is 9.49. The van der Waals surface area contributed by atoms with Gasteiger partial charge in [0, 0.05) is 18.3 Å². The molecule has 0 bridgehead atoms. The van der Waals surface area contributed by atoms with Crippen molar-refractivity contribution in [3.05, 3.63) is 39.9 Å². The van der Waals surface area contributed by atoms with Gasteiger partial charge in [-0.1, -0.05) is 0 Å². The SMILES string of the molecule is CCNc1cc(Nc2cc(Br)c(F)cc2C)nc(C)n1. The predicted octanol–water partition coefficient (Wildman–Crippen LogP) is 4.17. The van der Waals surface area contributed by atoms with Gasteiger partial charge in [-0.3, -0.25) is 0 Å². The maximum Gasteiger partial charge on any atom is 0.137 e. The molecule has 2 aromatic rings. The van der Waals surface area contributed by atoms with Crippen LogP contribution < -0.4 is 10.6 Å². The van der Waals surface area contributed by atoms with Gasteiger partial charge >= 0.3 is 0 Å². The zero-order valence-electron chi connectivity index (χ0n) is 11.6. The topological polar surface area (TPSA) is 49.8 Å². The van der Waals surface area contributed by atoms with Gasteiger partial charge in [0.2, 0.25) is 0 Å². The van der Waals surface area contributed by atoms with Crippen molar-refractivity contribution < 1.29 is 4.39 Å². The number of aromatic nitrogens is 2. The number of anilines is 3. The van der Waals surface area contributed by atoms with Gasteiger partial charge in [0.15, 0.2) is 0 Å². The van der Waals surface area contributed by atoms with Crippen LogP contribution in [0.1, 0.15) is 18.3 Å². The molecular formula is C14H16BrFN4. The fourth-order valence-electron chi connectivity index (χ4n) is 1.82. The predicted molar refractivity (Wildman–Crippen MR) is 83.1 cm³/mol. The molecule has 0 aliphatic heterocycles. The van der Waals surface area contributed by atoms with Crippen LogP contribution in [-0.2, 0) is 0 Å². The second-order valence-electron chi connectivity index (χ2n) is 4.42. The summed E-state index contributed by atoms with van der Waals surface area (Å²) in [4.78, 5) is 8.62. The Labute approximate surface area is 126 Å². The highest BCUT2D eigenvalue weighted by Gasteiger charge is 2.07. The Morgan fingerprint density at radius 3 is 2.55 bits per heavy atom. The number of hydrogen-bond acceptors (Lipinski definition) is 4. The molecule has 0 aliphatic carbocycles. The molecule has 1 aromatic heterocycles. The number of nitrogens with one attached hydrogen (secondary N) is 2. The van der Waals surface area contributed by atoms with Gasteiger partial charge in [0.25, 0.3) is 0 Å². The first-order valence-corrected chi connectivity index (χ1v) is 7.11. The zero-order chi connectivity index (χ0) is 14.7. The van der Waals surface area contributed by atoms with Crippen molar-refractivity contribution in [2.45, 2.75) is 20.8 Å². The maximum absolute atomic E-state index is 13.4. The average Bonchev–Trinajstić information content (AvgIpc) is 2.35. The highest BCUT2D eigenvalue weighted by atomic mass is 79.9. The van der Waals surface area contributed by atoms with E-state index in [9.17, 15) is 4.39 Å². The number of aryl methyl sites for hydroxylation is 2. The van der Waals surface area contributed by atoms with Crippen LogP contribution in [0.4, 0.5) is 21.7 Å². The summed E-state index contributed by atoms with van der Waals surface area (Å²) < 4.78 is 13.8. The summed E-state index contributed by atoms with van der Waals surface area (Å²) in [6.45, 7) is 6.47. The Hall–Kier alpha value is -1.69. The van der Waals surface area contributed by atoms with E-state index < -0.39 is 0 Å². The Morgan fingerprint density at radius 2 is 1.85 bits per heavy atom. The zero-order valence-corrected chi connectivity index (χ0v) is 13.2. The van der Waals surface area contributed by atoms with E-state index in [1.165, 1.54) is 6.07 Å². The molecular weight excluding hydrogens is 323 g/mol. The molecule has 2 rings (SSSR count). The lowest BCUT2D eigenvalue weighted by atomic mass is 10.2. The summed E-state index contributed by atoms with van der Waals surface area (Å²) >= 11 is 3.19. The first kappa shape index (κ1) is 14.7. The van der Waals surface area contributed by atoms with E-state index in [4.69, 9.17) is 0 Å². The van der Waals surface area contributed by atoms with Gasteiger partial charge in [0.1, 0.15) is 23.3 Å². The second kappa shape index (κ2) is 6.17. The van der Waals surface area contributed by atoms with Crippen LogP contribution in [0, 0.1) is 19.7 Å². The number of nitrogens with zero attached hydrogens (tertiary/aromatic N) is 2. The van der Waals surface area contributed by atoms with Crippen LogP contribution >= 0.6 is 15.9 Å². The third-order valence-electron chi connectivity index (χ3n) is 2.73. The van der Waals surface area contributed by atoms with Gasteiger partial charge in [-0.15, -0.1) is 0 Å². The summed E-state index contributed by atoms with van der Waals surface area (Å²) in [6.07, 6.45) is 0. The van der Waals surface area contributed by atoms with Gasteiger partial charge in [-0.05, 0) is 54.4 Å². The number of halogens is 2. The van der Waals surface area contributed by atoms with Gasteiger partial charge in [0.05, 0.1) is 4.47 Å².